The summed E-state index contributed by atoms with van der Waals surface area (Å²) in [4.78, 5) is 15.7. The minimum Gasteiger partial charge on any atom is -0.455 e. The van der Waals surface area contributed by atoms with Gasteiger partial charge in [-0.1, -0.05) is 121 Å². The summed E-state index contributed by atoms with van der Waals surface area (Å²) in [5, 5.41) is 8.93. The highest BCUT2D eigenvalue weighted by atomic mass is 16.3. The number of rotatable bonds is 4. The van der Waals surface area contributed by atoms with Crippen molar-refractivity contribution in [1.82, 2.24) is 19.5 Å². The van der Waals surface area contributed by atoms with E-state index in [-0.39, 0.29) is 0 Å². The van der Waals surface area contributed by atoms with Gasteiger partial charge in [0.25, 0.3) is 0 Å². The smallest absolute Gasteiger partial charge is 0.167 e. The third-order valence-electron chi connectivity index (χ3n) is 10.2. The van der Waals surface area contributed by atoms with Crippen molar-refractivity contribution in [2.75, 3.05) is 0 Å². The Hall–Kier alpha value is -7.11. The number of fused-ring (bicyclic) bond motifs is 8. The average Bonchev–Trinajstić information content (AvgIpc) is 3.75. The molecule has 0 fully saturated rings. The molecule has 0 radical (unpaired) electrons. The van der Waals surface area contributed by atoms with Crippen molar-refractivity contribution in [3.8, 4) is 39.9 Å². The molecule has 0 unspecified atom stereocenters. The van der Waals surface area contributed by atoms with Crippen LogP contribution in [0.4, 0.5) is 0 Å². The largest absolute Gasteiger partial charge is 0.455 e. The highest BCUT2D eigenvalue weighted by Gasteiger charge is 2.21. The molecule has 0 aliphatic rings. The van der Waals surface area contributed by atoms with Gasteiger partial charge in [0.1, 0.15) is 11.2 Å². The maximum Gasteiger partial charge on any atom is 0.167 e. The molecule has 0 amide bonds. The SMILES string of the molecule is c1ccc(-n2c3ccccc3c3c(-c4nc(-c5ccc6ccccc6c5)nc(-c5cccc6c5oc5cc7ccccc7cc56)n4)cccc32)cc1. The van der Waals surface area contributed by atoms with Gasteiger partial charge in [0.15, 0.2) is 17.5 Å². The molecule has 0 aliphatic carbocycles. The predicted octanol–water partition coefficient (Wildman–Crippen LogP) is 12.2. The summed E-state index contributed by atoms with van der Waals surface area (Å²) in [6.07, 6.45) is 0. The maximum absolute atomic E-state index is 6.67. The Kier molecular flexibility index (Phi) is 6.18. The van der Waals surface area contributed by atoms with Crippen molar-refractivity contribution in [2.45, 2.75) is 0 Å². The van der Waals surface area contributed by atoms with Crippen LogP contribution < -0.4 is 0 Å². The van der Waals surface area contributed by atoms with Crippen molar-refractivity contribution < 1.29 is 4.42 Å². The molecule has 0 saturated carbocycles. The lowest BCUT2D eigenvalue weighted by molar-refractivity contribution is 0.670. The van der Waals surface area contributed by atoms with Gasteiger partial charge >= 0.3 is 0 Å². The number of nitrogens with zero attached hydrogens (tertiary/aromatic N) is 4. The van der Waals surface area contributed by atoms with Gasteiger partial charge in [-0.05, 0) is 70.1 Å². The summed E-state index contributed by atoms with van der Waals surface area (Å²) < 4.78 is 8.99. The van der Waals surface area contributed by atoms with Crippen molar-refractivity contribution >= 4 is 65.3 Å². The number of hydrogen-bond donors (Lipinski definition) is 0. The van der Waals surface area contributed by atoms with Crippen LogP contribution in [0.15, 0.2) is 174 Å². The molecule has 0 bridgehead atoms. The standard InChI is InChI=1S/C47H28N4O/c1-2-16-34(17-3-1)51-40-22-9-8-18-36(40)43-37(20-11-23-41(43)51)46-48-45(33-25-24-29-12-4-5-13-30(29)26-33)49-47(50-46)38-21-10-19-35-39-27-31-14-6-7-15-32(31)28-42(39)52-44(35)38/h1-28H. The van der Waals surface area contributed by atoms with Gasteiger partial charge < -0.3 is 8.98 Å². The minimum absolute atomic E-state index is 0.561. The first-order chi connectivity index (χ1) is 25.8. The van der Waals surface area contributed by atoms with E-state index in [1.165, 1.54) is 10.8 Å². The van der Waals surface area contributed by atoms with E-state index in [0.29, 0.717) is 17.5 Å². The molecule has 3 aromatic heterocycles. The Morgan fingerprint density at radius 1 is 0.404 bits per heavy atom. The van der Waals surface area contributed by atoms with Gasteiger partial charge in [0.2, 0.25) is 0 Å². The highest BCUT2D eigenvalue weighted by Crippen LogP contribution is 2.40. The van der Waals surface area contributed by atoms with Gasteiger partial charge in [-0.2, -0.15) is 0 Å². The molecule has 0 spiro atoms. The fraction of sp³-hybridized carbons (Fsp3) is 0. The highest BCUT2D eigenvalue weighted by molar-refractivity contribution is 6.16. The molecule has 0 N–H and O–H groups in total. The van der Waals surface area contributed by atoms with E-state index in [0.717, 1.165) is 76.9 Å². The van der Waals surface area contributed by atoms with E-state index in [9.17, 15) is 0 Å². The van der Waals surface area contributed by atoms with E-state index in [2.05, 4.69) is 168 Å². The predicted molar refractivity (Wildman–Crippen MR) is 213 cm³/mol. The van der Waals surface area contributed by atoms with E-state index in [4.69, 9.17) is 19.4 Å². The first kappa shape index (κ1) is 28.7. The summed E-state index contributed by atoms with van der Waals surface area (Å²) in [7, 11) is 0. The fourth-order valence-electron chi connectivity index (χ4n) is 7.79. The van der Waals surface area contributed by atoms with Crippen LogP contribution >= 0.6 is 0 Å². The fourth-order valence-corrected chi connectivity index (χ4v) is 7.79. The lowest BCUT2D eigenvalue weighted by atomic mass is 10.0. The molecule has 0 saturated heterocycles. The van der Waals surface area contributed by atoms with Crippen LogP contribution in [0.1, 0.15) is 0 Å². The van der Waals surface area contributed by atoms with Crippen LogP contribution in [0.3, 0.4) is 0 Å². The first-order valence-corrected chi connectivity index (χ1v) is 17.4. The molecule has 11 rings (SSSR count). The molecule has 5 nitrogen and oxygen atoms in total. The molecule has 11 aromatic rings. The molecule has 5 heteroatoms. The quantitative estimate of drug-likeness (QED) is 0.188. The molecule has 242 valence electrons. The van der Waals surface area contributed by atoms with E-state index >= 15 is 0 Å². The molecule has 0 aliphatic heterocycles. The Bertz CT molecular complexity index is 3190. The lowest BCUT2D eigenvalue weighted by Crippen LogP contribution is -2.01. The number of furan rings is 1. The molecular weight excluding hydrogens is 637 g/mol. The third-order valence-corrected chi connectivity index (χ3v) is 10.2. The topological polar surface area (TPSA) is 56.7 Å². The summed E-state index contributed by atoms with van der Waals surface area (Å²) >= 11 is 0. The second-order valence-electron chi connectivity index (χ2n) is 13.2. The van der Waals surface area contributed by atoms with Gasteiger partial charge in [-0.25, -0.2) is 15.0 Å². The Labute approximate surface area is 298 Å². The monoisotopic (exact) mass is 664 g/mol. The van der Waals surface area contributed by atoms with Crippen LogP contribution in [-0.2, 0) is 0 Å². The second-order valence-corrected chi connectivity index (χ2v) is 13.2. The zero-order chi connectivity index (χ0) is 34.2. The normalized spacial score (nSPS) is 11.8. The minimum atomic E-state index is 0.561. The summed E-state index contributed by atoms with van der Waals surface area (Å²) in [6, 6.07) is 59.2. The van der Waals surface area contributed by atoms with Crippen LogP contribution in [0.2, 0.25) is 0 Å². The van der Waals surface area contributed by atoms with Crippen molar-refractivity contribution in [3.63, 3.8) is 0 Å². The lowest BCUT2D eigenvalue weighted by Gasteiger charge is -2.11. The van der Waals surface area contributed by atoms with Gasteiger partial charge in [-0.15, -0.1) is 0 Å². The number of aromatic nitrogens is 4. The molecule has 3 heterocycles. The maximum atomic E-state index is 6.67. The number of para-hydroxylation sites is 3. The zero-order valence-corrected chi connectivity index (χ0v) is 27.9. The van der Waals surface area contributed by atoms with Crippen LogP contribution in [0.25, 0.3) is 105 Å². The van der Waals surface area contributed by atoms with Gasteiger partial charge in [0, 0.05) is 38.4 Å². The summed E-state index contributed by atoms with van der Waals surface area (Å²) in [5.41, 5.74) is 7.59. The van der Waals surface area contributed by atoms with Crippen molar-refractivity contribution in [1.29, 1.82) is 0 Å². The number of hydrogen-bond acceptors (Lipinski definition) is 4. The average molecular weight is 665 g/mol. The second kappa shape index (κ2) is 11.2. The number of benzene rings is 8. The third kappa shape index (κ3) is 4.39. The van der Waals surface area contributed by atoms with Crippen LogP contribution in [0.5, 0.6) is 0 Å². The van der Waals surface area contributed by atoms with Crippen molar-refractivity contribution in [2.24, 2.45) is 0 Å². The summed E-state index contributed by atoms with van der Waals surface area (Å²) in [5.74, 6) is 1.77. The van der Waals surface area contributed by atoms with E-state index in [1.807, 2.05) is 6.07 Å². The van der Waals surface area contributed by atoms with E-state index < -0.39 is 0 Å². The van der Waals surface area contributed by atoms with Crippen LogP contribution in [-0.4, -0.2) is 19.5 Å². The molecule has 8 aromatic carbocycles. The molecule has 0 atom stereocenters. The molecular formula is C47H28N4O. The summed E-state index contributed by atoms with van der Waals surface area (Å²) in [6.45, 7) is 0. The van der Waals surface area contributed by atoms with E-state index in [1.54, 1.807) is 0 Å². The first-order valence-electron chi connectivity index (χ1n) is 17.4. The zero-order valence-electron chi connectivity index (χ0n) is 27.9. The van der Waals surface area contributed by atoms with Gasteiger partial charge in [0.05, 0.1) is 16.6 Å². The van der Waals surface area contributed by atoms with Gasteiger partial charge in [-0.3, -0.25) is 0 Å². The Balaban J connectivity index is 1.20. The molecule has 52 heavy (non-hydrogen) atoms. The Morgan fingerprint density at radius 3 is 1.87 bits per heavy atom. The van der Waals surface area contributed by atoms with Crippen molar-refractivity contribution in [3.05, 3.63) is 170 Å². The van der Waals surface area contributed by atoms with Crippen LogP contribution in [0, 0.1) is 0 Å². The Morgan fingerprint density at radius 2 is 1.02 bits per heavy atom.